The van der Waals surface area contributed by atoms with Gasteiger partial charge in [0, 0.05) is 7.05 Å². The van der Waals surface area contributed by atoms with Crippen molar-refractivity contribution in [2.75, 3.05) is 12.4 Å². The number of hydrogen-bond acceptors (Lipinski definition) is 5. The van der Waals surface area contributed by atoms with Crippen molar-refractivity contribution in [3.05, 3.63) is 46.6 Å². The standard InChI is InChI=1S/C16H17N3OS/c1-10-4-5-12(8-11(10)2)20-9-14-18-15(17-3)13-6-7-21-16(13)19-14/h4-8H,9H2,1-3H3,(H,17,18,19). The molecule has 3 rings (SSSR count). The normalized spacial score (nSPS) is 10.8. The maximum absolute atomic E-state index is 5.80. The Morgan fingerprint density at radius 2 is 2.00 bits per heavy atom. The van der Waals surface area contributed by atoms with Crippen LogP contribution < -0.4 is 10.1 Å². The van der Waals surface area contributed by atoms with Gasteiger partial charge in [0.25, 0.3) is 0 Å². The molecular weight excluding hydrogens is 282 g/mol. The number of benzene rings is 1. The van der Waals surface area contributed by atoms with E-state index >= 15 is 0 Å². The van der Waals surface area contributed by atoms with E-state index in [1.54, 1.807) is 11.3 Å². The number of nitrogens with zero attached hydrogens (tertiary/aromatic N) is 2. The molecule has 0 atom stereocenters. The van der Waals surface area contributed by atoms with Gasteiger partial charge in [-0.1, -0.05) is 6.07 Å². The van der Waals surface area contributed by atoms with Crippen molar-refractivity contribution in [1.29, 1.82) is 0 Å². The Kier molecular flexibility index (Phi) is 3.75. The van der Waals surface area contributed by atoms with E-state index in [2.05, 4.69) is 35.2 Å². The number of hydrogen-bond donors (Lipinski definition) is 1. The van der Waals surface area contributed by atoms with Crippen molar-refractivity contribution in [2.24, 2.45) is 0 Å². The maximum Gasteiger partial charge on any atom is 0.169 e. The summed E-state index contributed by atoms with van der Waals surface area (Å²) in [4.78, 5) is 10.0. The smallest absolute Gasteiger partial charge is 0.169 e. The minimum absolute atomic E-state index is 0.366. The van der Waals surface area contributed by atoms with Gasteiger partial charge in [0.15, 0.2) is 5.82 Å². The lowest BCUT2D eigenvalue weighted by Gasteiger charge is -2.09. The van der Waals surface area contributed by atoms with E-state index in [0.717, 1.165) is 21.8 Å². The molecule has 1 aromatic carbocycles. The molecule has 0 aliphatic carbocycles. The molecule has 0 aliphatic heterocycles. The monoisotopic (exact) mass is 299 g/mol. The number of aromatic nitrogens is 2. The zero-order valence-corrected chi connectivity index (χ0v) is 13.1. The molecule has 0 amide bonds. The van der Waals surface area contributed by atoms with Crippen LogP contribution in [-0.2, 0) is 6.61 Å². The van der Waals surface area contributed by atoms with Crippen LogP contribution in [0.5, 0.6) is 5.75 Å². The number of fused-ring (bicyclic) bond motifs is 1. The second-order valence-corrected chi connectivity index (χ2v) is 5.81. The van der Waals surface area contributed by atoms with Gasteiger partial charge in [-0.15, -0.1) is 11.3 Å². The number of nitrogens with one attached hydrogen (secondary N) is 1. The average Bonchev–Trinajstić information content (AvgIpc) is 2.96. The molecule has 4 nitrogen and oxygen atoms in total. The first-order valence-corrected chi connectivity index (χ1v) is 7.67. The summed E-state index contributed by atoms with van der Waals surface area (Å²) in [5.74, 6) is 2.38. The van der Waals surface area contributed by atoms with Crippen molar-refractivity contribution in [2.45, 2.75) is 20.5 Å². The molecule has 0 bridgehead atoms. The van der Waals surface area contributed by atoms with Crippen LogP contribution in [-0.4, -0.2) is 17.0 Å². The molecule has 2 aromatic heterocycles. The highest BCUT2D eigenvalue weighted by atomic mass is 32.1. The lowest BCUT2D eigenvalue weighted by Crippen LogP contribution is -2.04. The van der Waals surface area contributed by atoms with Gasteiger partial charge in [0.2, 0.25) is 0 Å². The molecular formula is C16H17N3OS. The first-order chi connectivity index (χ1) is 10.2. The Morgan fingerprint density at radius 3 is 2.76 bits per heavy atom. The third kappa shape index (κ3) is 2.83. The van der Waals surface area contributed by atoms with Crippen LogP contribution in [0.4, 0.5) is 5.82 Å². The first-order valence-electron chi connectivity index (χ1n) is 6.79. The quantitative estimate of drug-likeness (QED) is 0.793. The summed E-state index contributed by atoms with van der Waals surface area (Å²) in [6.45, 7) is 4.53. The molecule has 0 aliphatic rings. The summed E-state index contributed by atoms with van der Waals surface area (Å²) in [6, 6.07) is 8.11. The van der Waals surface area contributed by atoms with E-state index in [-0.39, 0.29) is 0 Å². The van der Waals surface area contributed by atoms with Crippen LogP contribution >= 0.6 is 11.3 Å². The molecule has 0 saturated heterocycles. The molecule has 21 heavy (non-hydrogen) atoms. The van der Waals surface area contributed by atoms with Gasteiger partial charge in [-0.3, -0.25) is 0 Å². The number of ether oxygens (including phenoxy) is 1. The molecule has 5 heteroatoms. The van der Waals surface area contributed by atoms with Gasteiger partial charge in [-0.25, -0.2) is 9.97 Å². The Hall–Kier alpha value is -2.14. The van der Waals surface area contributed by atoms with E-state index in [4.69, 9.17) is 4.74 Å². The molecule has 0 fully saturated rings. The van der Waals surface area contributed by atoms with Crippen molar-refractivity contribution in [3.8, 4) is 5.75 Å². The Balaban J connectivity index is 1.82. The van der Waals surface area contributed by atoms with Gasteiger partial charge < -0.3 is 10.1 Å². The lowest BCUT2D eigenvalue weighted by atomic mass is 10.1. The van der Waals surface area contributed by atoms with Crippen LogP contribution in [0.2, 0.25) is 0 Å². The van der Waals surface area contributed by atoms with Crippen LogP contribution in [0.3, 0.4) is 0 Å². The average molecular weight is 299 g/mol. The summed E-state index contributed by atoms with van der Waals surface area (Å²) in [7, 11) is 1.87. The molecule has 2 heterocycles. The molecule has 1 N–H and O–H groups in total. The Bertz CT molecular complexity index is 782. The molecule has 0 radical (unpaired) electrons. The van der Waals surface area contributed by atoms with Crippen molar-refractivity contribution < 1.29 is 4.74 Å². The zero-order valence-electron chi connectivity index (χ0n) is 12.3. The molecule has 0 unspecified atom stereocenters. The summed E-state index contributed by atoms with van der Waals surface area (Å²) < 4.78 is 5.80. The number of aryl methyl sites for hydroxylation is 2. The molecule has 0 spiro atoms. The van der Waals surface area contributed by atoms with Crippen molar-refractivity contribution in [3.63, 3.8) is 0 Å². The topological polar surface area (TPSA) is 47.0 Å². The first kappa shape index (κ1) is 13.8. The van der Waals surface area contributed by atoms with Crippen LogP contribution in [0.15, 0.2) is 29.6 Å². The van der Waals surface area contributed by atoms with Crippen molar-refractivity contribution in [1.82, 2.24) is 9.97 Å². The number of rotatable bonds is 4. The van der Waals surface area contributed by atoms with Crippen LogP contribution in [0.25, 0.3) is 10.2 Å². The van der Waals surface area contributed by atoms with E-state index in [1.165, 1.54) is 11.1 Å². The van der Waals surface area contributed by atoms with E-state index in [1.807, 2.05) is 30.6 Å². The highest BCUT2D eigenvalue weighted by Gasteiger charge is 2.08. The fourth-order valence-electron chi connectivity index (χ4n) is 2.11. The summed E-state index contributed by atoms with van der Waals surface area (Å²) in [5.41, 5.74) is 2.48. The van der Waals surface area contributed by atoms with Crippen molar-refractivity contribution >= 4 is 27.4 Å². The second kappa shape index (κ2) is 5.69. The third-order valence-electron chi connectivity index (χ3n) is 3.45. The summed E-state index contributed by atoms with van der Waals surface area (Å²) >= 11 is 1.61. The number of anilines is 1. The minimum atomic E-state index is 0.366. The fraction of sp³-hybridized carbons (Fsp3) is 0.250. The molecule has 3 aromatic rings. The van der Waals surface area contributed by atoms with E-state index < -0.39 is 0 Å². The van der Waals surface area contributed by atoms with Gasteiger partial charge in [-0.05, 0) is 48.6 Å². The zero-order chi connectivity index (χ0) is 14.8. The van der Waals surface area contributed by atoms with Crippen LogP contribution in [0.1, 0.15) is 17.0 Å². The Morgan fingerprint density at radius 1 is 1.14 bits per heavy atom. The SMILES string of the molecule is CNc1nc(COc2ccc(C)c(C)c2)nc2sccc12. The largest absolute Gasteiger partial charge is 0.486 e. The minimum Gasteiger partial charge on any atom is -0.486 e. The van der Waals surface area contributed by atoms with Gasteiger partial charge >= 0.3 is 0 Å². The third-order valence-corrected chi connectivity index (χ3v) is 4.26. The van der Waals surface area contributed by atoms with Gasteiger partial charge in [-0.2, -0.15) is 0 Å². The van der Waals surface area contributed by atoms with Gasteiger partial charge in [0.05, 0.1) is 5.39 Å². The van der Waals surface area contributed by atoms with Crippen LogP contribution in [0, 0.1) is 13.8 Å². The Labute approximate surface area is 127 Å². The predicted octanol–water partition coefficient (Wildman–Crippen LogP) is 3.93. The summed E-state index contributed by atoms with van der Waals surface area (Å²) in [5, 5.41) is 6.19. The fourth-order valence-corrected chi connectivity index (χ4v) is 2.89. The highest BCUT2D eigenvalue weighted by Crippen LogP contribution is 2.25. The molecule has 108 valence electrons. The summed E-state index contributed by atoms with van der Waals surface area (Å²) in [6.07, 6.45) is 0. The highest BCUT2D eigenvalue weighted by molar-refractivity contribution is 7.16. The lowest BCUT2D eigenvalue weighted by molar-refractivity contribution is 0.296. The second-order valence-electron chi connectivity index (χ2n) is 4.91. The molecule has 0 saturated carbocycles. The number of thiophene rings is 1. The van der Waals surface area contributed by atoms with Gasteiger partial charge in [0.1, 0.15) is 23.0 Å². The van der Waals surface area contributed by atoms with E-state index in [0.29, 0.717) is 12.4 Å². The maximum atomic E-state index is 5.80. The van der Waals surface area contributed by atoms with E-state index in [9.17, 15) is 0 Å². The predicted molar refractivity (Wildman–Crippen MR) is 87.2 cm³/mol.